The third-order valence-corrected chi connectivity index (χ3v) is 4.48. The lowest BCUT2D eigenvalue weighted by Gasteiger charge is -2.24. The minimum Gasteiger partial charge on any atom is -0.379 e. The number of benzene rings is 1. The van der Waals surface area contributed by atoms with Crippen molar-refractivity contribution in [3.63, 3.8) is 0 Å². The molecule has 0 N–H and O–H groups in total. The fourth-order valence-electron chi connectivity index (χ4n) is 3.10. The van der Waals surface area contributed by atoms with Crippen molar-refractivity contribution in [1.82, 2.24) is 14.9 Å². The van der Waals surface area contributed by atoms with E-state index in [1.807, 2.05) is 17.9 Å². The van der Waals surface area contributed by atoms with Gasteiger partial charge in [-0.2, -0.15) is 0 Å². The highest BCUT2D eigenvalue weighted by Crippen LogP contribution is 2.16. The average molecular weight is 343 g/mol. The fraction of sp³-hybridized carbons (Fsp3) is 0.421. The van der Waals surface area contributed by atoms with Gasteiger partial charge in [0.1, 0.15) is 12.1 Å². The van der Waals surface area contributed by atoms with Gasteiger partial charge in [0.15, 0.2) is 0 Å². The van der Waals surface area contributed by atoms with E-state index in [0.29, 0.717) is 26.3 Å². The highest BCUT2D eigenvalue weighted by molar-refractivity contribution is 5.79. The maximum atomic E-state index is 13.2. The highest BCUT2D eigenvalue weighted by atomic mass is 19.1. The lowest BCUT2D eigenvalue weighted by molar-refractivity contribution is -0.130. The van der Waals surface area contributed by atoms with E-state index in [-0.39, 0.29) is 24.1 Å². The Morgan fingerprint density at radius 1 is 1.40 bits per heavy atom. The van der Waals surface area contributed by atoms with Crippen LogP contribution in [0.4, 0.5) is 4.39 Å². The topological polar surface area (TPSA) is 55.3 Å². The van der Waals surface area contributed by atoms with Crippen molar-refractivity contribution in [2.75, 3.05) is 26.3 Å². The second kappa shape index (κ2) is 8.16. The first-order valence-corrected chi connectivity index (χ1v) is 8.47. The molecule has 2 heterocycles. The minimum atomic E-state index is -0.276. The van der Waals surface area contributed by atoms with Gasteiger partial charge >= 0.3 is 0 Å². The molecule has 1 amide bonds. The van der Waals surface area contributed by atoms with Crippen molar-refractivity contribution in [2.24, 2.45) is 5.92 Å². The van der Waals surface area contributed by atoms with Crippen LogP contribution in [-0.4, -0.2) is 47.1 Å². The molecule has 25 heavy (non-hydrogen) atoms. The van der Waals surface area contributed by atoms with Crippen molar-refractivity contribution in [3.8, 4) is 0 Å². The molecule has 1 saturated heterocycles. The molecule has 0 radical (unpaired) electrons. The number of amides is 1. The standard InChI is InChI=1S/C19H22FN3O2/c1-14-8-17(20)3-2-16(14)10-19(24)23-6-7-25-12-15(11-23)9-18-4-5-21-13-22-18/h2-5,8,13,15H,6-7,9-12H2,1H3. The van der Waals surface area contributed by atoms with Crippen LogP contribution in [-0.2, 0) is 22.4 Å². The first kappa shape index (κ1) is 17.5. The summed E-state index contributed by atoms with van der Waals surface area (Å²) in [5, 5.41) is 0. The van der Waals surface area contributed by atoms with Gasteiger partial charge in [-0.3, -0.25) is 4.79 Å². The average Bonchev–Trinajstić information content (AvgIpc) is 2.84. The normalized spacial score (nSPS) is 18.0. The van der Waals surface area contributed by atoms with Crippen LogP contribution in [0.1, 0.15) is 16.8 Å². The zero-order chi connectivity index (χ0) is 17.6. The summed E-state index contributed by atoms with van der Waals surface area (Å²) >= 11 is 0. The van der Waals surface area contributed by atoms with Crippen molar-refractivity contribution in [3.05, 3.63) is 59.4 Å². The van der Waals surface area contributed by atoms with Gasteiger partial charge in [0.25, 0.3) is 0 Å². The summed E-state index contributed by atoms with van der Waals surface area (Å²) in [4.78, 5) is 22.7. The molecule has 2 aromatic rings. The van der Waals surface area contributed by atoms with E-state index in [1.54, 1.807) is 12.3 Å². The number of ether oxygens (including phenoxy) is 1. The lowest BCUT2D eigenvalue weighted by atomic mass is 10.0. The van der Waals surface area contributed by atoms with Crippen molar-refractivity contribution in [2.45, 2.75) is 19.8 Å². The summed E-state index contributed by atoms with van der Waals surface area (Å²) in [6.45, 7) is 4.20. The zero-order valence-electron chi connectivity index (χ0n) is 14.3. The summed E-state index contributed by atoms with van der Waals surface area (Å²) < 4.78 is 18.9. The lowest BCUT2D eigenvalue weighted by Crippen LogP contribution is -2.37. The quantitative estimate of drug-likeness (QED) is 0.854. The molecule has 1 atom stereocenters. The first-order valence-electron chi connectivity index (χ1n) is 8.47. The second-order valence-electron chi connectivity index (χ2n) is 6.43. The predicted octanol–water partition coefficient (Wildman–Crippen LogP) is 2.18. The number of rotatable bonds is 4. The maximum absolute atomic E-state index is 13.2. The maximum Gasteiger partial charge on any atom is 0.227 e. The van der Waals surface area contributed by atoms with E-state index in [9.17, 15) is 9.18 Å². The Morgan fingerprint density at radius 2 is 2.28 bits per heavy atom. The molecule has 132 valence electrons. The molecular formula is C19H22FN3O2. The van der Waals surface area contributed by atoms with E-state index in [0.717, 1.165) is 23.2 Å². The molecule has 1 aliphatic heterocycles. The largest absolute Gasteiger partial charge is 0.379 e. The van der Waals surface area contributed by atoms with Crippen molar-refractivity contribution in [1.29, 1.82) is 0 Å². The molecule has 0 saturated carbocycles. The molecule has 1 aliphatic rings. The van der Waals surface area contributed by atoms with Gasteiger partial charge < -0.3 is 9.64 Å². The number of halogens is 1. The summed E-state index contributed by atoms with van der Waals surface area (Å²) in [6, 6.07) is 6.44. The molecule has 1 unspecified atom stereocenters. The Kier molecular flexibility index (Phi) is 5.71. The van der Waals surface area contributed by atoms with Crippen LogP contribution < -0.4 is 0 Å². The number of nitrogens with zero attached hydrogens (tertiary/aromatic N) is 3. The molecule has 3 rings (SSSR count). The molecule has 0 aliphatic carbocycles. The summed E-state index contributed by atoms with van der Waals surface area (Å²) in [5.41, 5.74) is 2.62. The predicted molar refractivity (Wildman–Crippen MR) is 91.5 cm³/mol. The minimum absolute atomic E-state index is 0.0490. The molecule has 1 fully saturated rings. The van der Waals surface area contributed by atoms with E-state index < -0.39 is 0 Å². The van der Waals surface area contributed by atoms with Crippen molar-refractivity contribution < 1.29 is 13.9 Å². The number of aryl methyl sites for hydroxylation is 1. The SMILES string of the molecule is Cc1cc(F)ccc1CC(=O)N1CCOCC(Cc2ccncn2)C1. The molecular weight excluding hydrogens is 321 g/mol. The highest BCUT2D eigenvalue weighted by Gasteiger charge is 2.23. The molecule has 5 nitrogen and oxygen atoms in total. The van der Waals surface area contributed by atoms with E-state index >= 15 is 0 Å². The Morgan fingerprint density at radius 3 is 3.04 bits per heavy atom. The Balaban J connectivity index is 1.64. The van der Waals surface area contributed by atoms with E-state index in [4.69, 9.17) is 4.74 Å². The molecule has 1 aromatic carbocycles. The van der Waals surface area contributed by atoms with Crippen LogP contribution in [0.5, 0.6) is 0 Å². The van der Waals surface area contributed by atoms with Crippen LogP contribution in [0.2, 0.25) is 0 Å². The number of carbonyl (C=O) groups excluding carboxylic acids is 1. The Labute approximate surface area is 146 Å². The van der Waals surface area contributed by atoms with Crippen molar-refractivity contribution >= 4 is 5.91 Å². The van der Waals surface area contributed by atoms with Gasteiger partial charge in [0.2, 0.25) is 5.91 Å². The van der Waals surface area contributed by atoms with Gasteiger partial charge in [0.05, 0.1) is 19.6 Å². The summed E-state index contributed by atoms with van der Waals surface area (Å²) in [7, 11) is 0. The molecule has 6 heteroatoms. The fourth-order valence-corrected chi connectivity index (χ4v) is 3.10. The Hall–Kier alpha value is -2.34. The van der Waals surface area contributed by atoms with Crippen LogP contribution >= 0.6 is 0 Å². The van der Waals surface area contributed by atoms with Gasteiger partial charge in [0, 0.05) is 30.9 Å². The van der Waals surface area contributed by atoms with Crippen LogP contribution in [0.3, 0.4) is 0 Å². The molecule has 1 aromatic heterocycles. The number of aromatic nitrogens is 2. The van der Waals surface area contributed by atoms with Crippen LogP contribution in [0.25, 0.3) is 0 Å². The smallest absolute Gasteiger partial charge is 0.227 e. The molecule has 0 bridgehead atoms. The van der Waals surface area contributed by atoms with Gasteiger partial charge in [-0.15, -0.1) is 0 Å². The number of carbonyl (C=O) groups is 1. The summed E-state index contributed by atoms with van der Waals surface area (Å²) in [6.07, 6.45) is 4.29. The van der Waals surface area contributed by atoms with Gasteiger partial charge in [-0.25, -0.2) is 14.4 Å². The first-order chi connectivity index (χ1) is 12.1. The van der Waals surface area contributed by atoms with Gasteiger partial charge in [-0.1, -0.05) is 6.07 Å². The number of hydrogen-bond donors (Lipinski definition) is 0. The van der Waals surface area contributed by atoms with E-state index in [1.165, 1.54) is 18.5 Å². The second-order valence-corrected chi connectivity index (χ2v) is 6.43. The number of hydrogen-bond acceptors (Lipinski definition) is 4. The Bertz CT molecular complexity index is 724. The van der Waals surface area contributed by atoms with Gasteiger partial charge in [-0.05, 0) is 42.7 Å². The summed E-state index contributed by atoms with van der Waals surface area (Å²) in [5.74, 6) is -0.0228. The third-order valence-electron chi connectivity index (χ3n) is 4.48. The monoisotopic (exact) mass is 343 g/mol. The van der Waals surface area contributed by atoms with Crippen LogP contribution in [0.15, 0.2) is 36.8 Å². The zero-order valence-corrected chi connectivity index (χ0v) is 14.3. The molecule has 0 spiro atoms. The van der Waals surface area contributed by atoms with E-state index in [2.05, 4.69) is 9.97 Å². The third kappa shape index (κ3) is 4.82. The van der Waals surface area contributed by atoms with Crippen LogP contribution in [0, 0.1) is 18.7 Å².